The van der Waals surface area contributed by atoms with Crippen molar-refractivity contribution in [2.24, 2.45) is 0 Å². The van der Waals surface area contributed by atoms with Gasteiger partial charge in [0.05, 0.1) is 0 Å². The van der Waals surface area contributed by atoms with Gasteiger partial charge in [-0.25, -0.2) is 41.9 Å². The van der Waals surface area contributed by atoms with Crippen LogP contribution in [0, 0.1) is 47.6 Å². The van der Waals surface area contributed by atoms with Gasteiger partial charge in [-0.2, -0.15) is 12.2 Å². The minimum Gasteiger partial charge on any atom is -0.434 e. The first kappa shape index (κ1) is 62.4. The van der Waals surface area contributed by atoms with Crippen LogP contribution >= 0.6 is 0 Å². The maximum Gasteiger partial charge on any atom is 4.00 e. The van der Waals surface area contributed by atoms with Gasteiger partial charge in [-0.05, 0) is 24.2 Å². The molecule has 0 atom stereocenters. The molecule has 4 rings (SSSR count). The summed E-state index contributed by atoms with van der Waals surface area (Å²) in [7, 11) is 0. The Kier molecular flexibility index (Phi) is 47.4. The third-order valence-electron chi connectivity index (χ3n) is 11.6. The molecule has 0 spiro atoms. The van der Waals surface area contributed by atoms with E-state index in [1.54, 1.807) is 0 Å². The molecule has 2 aromatic carbocycles. The fraction of sp³-hybridized carbons (Fsp3) is 0.655. The number of anilines is 2. The molecule has 0 unspecified atom stereocenters. The summed E-state index contributed by atoms with van der Waals surface area (Å²) in [5, 5.41) is 6.03. The Morgan fingerprint density at radius 3 is 0.846 bits per heavy atom. The van der Waals surface area contributed by atoms with Gasteiger partial charge in [0, 0.05) is 36.4 Å². The number of benzene rings is 2. The van der Waals surface area contributed by atoms with Crippen molar-refractivity contribution in [2.45, 2.75) is 232 Å². The Morgan fingerprint density at radius 2 is 0.646 bits per heavy atom. The quantitative estimate of drug-likeness (QED) is 0.0308. The van der Waals surface area contributed by atoms with Gasteiger partial charge in [0.25, 0.3) is 0 Å². The van der Waals surface area contributed by atoms with Crippen molar-refractivity contribution in [3.8, 4) is 0 Å². The van der Waals surface area contributed by atoms with Crippen LogP contribution < -0.4 is 10.6 Å². The average molecular weight is 939 g/mol. The molecule has 7 heteroatoms. The third-order valence-corrected chi connectivity index (χ3v) is 11.6. The van der Waals surface area contributed by atoms with E-state index in [-0.39, 0.29) is 21.7 Å². The number of hydrogen-bond acceptors (Lipinski definition) is 2. The molecule has 0 saturated heterocycles. The monoisotopic (exact) mass is 939 g/mol. The van der Waals surface area contributed by atoms with E-state index >= 15 is 0 Å². The summed E-state index contributed by atoms with van der Waals surface area (Å²) in [5.74, 6) is -2.57. The molecule has 0 radical (unpaired) electrons. The number of allylic oxidation sites excluding steroid dienone is 8. The zero-order valence-electron chi connectivity index (χ0n) is 41.2. The van der Waals surface area contributed by atoms with Gasteiger partial charge < -0.3 is 10.6 Å². The van der Waals surface area contributed by atoms with Crippen molar-refractivity contribution >= 4 is 11.4 Å². The van der Waals surface area contributed by atoms with E-state index in [4.69, 9.17) is 0 Å². The summed E-state index contributed by atoms with van der Waals surface area (Å²) in [6, 6.07) is 9.45. The molecule has 0 saturated carbocycles. The summed E-state index contributed by atoms with van der Waals surface area (Å²) in [6.07, 6.45) is 63.1. The Hall–Kier alpha value is -2.57. The Labute approximate surface area is 412 Å². The second kappa shape index (κ2) is 49.3. The van der Waals surface area contributed by atoms with Crippen LogP contribution in [0.2, 0.25) is 0 Å². The van der Waals surface area contributed by atoms with Crippen LogP contribution in [-0.4, -0.2) is 13.1 Å². The van der Waals surface area contributed by atoms with Crippen molar-refractivity contribution in [1.82, 2.24) is 0 Å². The van der Waals surface area contributed by atoms with Crippen molar-refractivity contribution < 1.29 is 39.3 Å². The standard InChI is InChI=1S/2C24H40F2N.2C5H5.Ti/c2*1-2-3-4-5-6-7-8-9-10-11-12-13-14-15-16-17-20-27-24-19-18-22(25)21-23(24)26;2*1-2-4-5-3-1;/h2*18-19,27H,2-17,20H2,1H3;2*1-3H,4H2;/q4*-1;+4. The first-order chi connectivity index (χ1) is 31.5. The number of hydrogen-bond donors (Lipinski definition) is 2. The van der Waals surface area contributed by atoms with Crippen LogP contribution in [0.15, 0.2) is 60.7 Å². The molecule has 2 aromatic rings. The van der Waals surface area contributed by atoms with E-state index in [0.29, 0.717) is 11.4 Å². The number of halogens is 4. The van der Waals surface area contributed by atoms with E-state index in [1.807, 2.05) is 36.4 Å². The fourth-order valence-corrected chi connectivity index (χ4v) is 7.63. The van der Waals surface area contributed by atoms with Crippen molar-refractivity contribution in [3.63, 3.8) is 0 Å². The van der Waals surface area contributed by atoms with Gasteiger partial charge in [0.1, 0.15) is 0 Å². The number of unbranched alkanes of at least 4 members (excludes halogenated alkanes) is 30. The average Bonchev–Trinajstić information content (AvgIpc) is 4.09. The summed E-state index contributed by atoms with van der Waals surface area (Å²) >= 11 is 0. The van der Waals surface area contributed by atoms with Crippen molar-refractivity contribution in [3.05, 3.63) is 108 Å². The topological polar surface area (TPSA) is 24.1 Å². The molecule has 0 bridgehead atoms. The number of nitrogens with one attached hydrogen (secondary N) is 2. The first-order valence-corrected chi connectivity index (χ1v) is 26.1. The van der Waals surface area contributed by atoms with Gasteiger partial charge >= 0.3 is 21.7 Å². The predicted octanol–water partition coefficient (Wildman–Crippen LogP) is 19.5. The van der Waals surface area contributed by atoms with Gasteiger partial charge in [-0.15, -0.1) is 49.2 Å². The Balaban J connectivity index is 0.00000102. The minimum absolute atomic E-state index is 0. The molecule has 0 heterocycles. The molecule has 0 fully saturated rings. The fourth-order valence-electron chi connectivity index (χ4n) is 7.63. The molecular formula is C58H90F4N2Ti. The SMILES string of the molecule is CCCCCCCCCCCCCCCCCCNc1ccc(F)[c-]c1F.CCCCCCCCCCCCCCCCCCNc1ccc(F)[c-]c1F.[C-]1=CC=CC1.[C-]1=CC=CC1.[Ti+4]. The van der Waals surface area contributed by atoms with E-state index in [9.17, 15) is 17.6 Å². The van der Waals surface area contributed by atoms with Gasteiger partial charge in [-0.1, -0.05) is 206 Å². The maximum atomic E-state index is 13.4. The molecule has 2 N–H and O–H groups in total. The van der Waals surface area contributed by atoms with E-state index in [2.05, 4.69) is 48.8 Å². The van der Waals surface area contributed by atoms with E-state index in [1.165, 1.54) is 204 Å². The van der Waals surface area contributed by atoms with Crippen molar-refractivity contribution in [1.29, 1.82) is 0 Å². The van der Waals surface area contributed by atoms with Gasteiger partial charge in [0.15, 0.2) is 0 Å². The van der Waals surface area contributed by atoms with Crippen LogP contribution in [0.1, 0.15) is 232 Å². The maximum absolute atomic E-state index is 13.4. The number of rotatable bonds is 36. The van der Waals surface area contributed by atoms with Crippen molar-refractivity contribution in [2.75, 3.05) is 23.7 Å². The predicted molar refractivity (Wildman–Crippen MR) is 270 cm³/mol. The Morgan fingerprint density at radius 1 is 0.385 bits per heavy atom. The minimum atomic E-state index is -0.652. The summed E-state index contributed by atoms with van der Waals surface area (Å²) < 4.78 is 52.3. The molecular weight excluding hydrogens is 849 g/mol. The summed E-state index contributed by atoms with van der Waals surface area (Å²) in [6.45, 7) is 6.01. The largest absolute Gasteiger partial charge is 4.00 e. The molecule has 2 aliphatic carbocycles. The molecule has 0 aliphatic heterocycles. The molecule has 364 valence electrons. The zero-order chi connectivity index (χ0) is 46.2. The van der Waals surface area contributed by atoms with E-state index < -0.39 is 23.3 Å². The molecule has 65 heavy (non-hydrogen) atoms. The molecule has 2 aliphatic rings. The first-order valence-electron chi connectivity index (χ1n) is 26.1. The normalized spacial score (nSPS) is 11.9. The van der Waals surface area contributed by atoms with Gasteiger partial charge in [0.2, 0.25) is 0 Å². The van der Waals surface area contributed by atoms with Gasteiger partial charge in [-0.3, -0.25) is 12.2 Å². The molecule has 2 nitrogen and oxygen atoms in total. The molecule has 0 amide bonds. The second-order valence-corrected chi connectivity index (χ2v) is 17.5. The van der Waals surface area contributed by atoms with Crippen LogP contribution in [0.5, 0.6) is 0 Å². The summed E-state index contributed by atoms with van der Waals surface area (Å²) in [5.41, 5.74) is 0.690. The third kappa shape index (κ3) is 42.5. The second-order valence-electron chi connectivity index (χ2n) is 17.5. The van der Waals surface area contributed by atoms with E-state index in [0.717, 1.165) is 51.6 Å². The van der Waals surface area contributed by atoms with Crippen LogP contribution in [-0.2, 0) is 21.7 Å². The Bertz CT molecular complexity index is 1310. The van der Waals surface area contributed by atoms with Crippen LogP contribution in [0.4, 0.5) is 28.9 Å². The smallest absolute Gasteiger partial charge is 0.434 e. The molecule has 0 aromatic heterocycles. The summed E-state index contributed by atoms with van der Waals surface area (Å²) in [4.78, 5) is 0. The van der Waals surface area contributed by atoms with Crippen LogP contribution in [0.25, 0.3) is 0 Å². The zero-order valence-corrected chi connectivity index (χ0v) is 42.8. The van der Waals surface area contributed by atoms with Crippen LogP contribution in [0.3, 0.4) is 0 Å².